The van der Waals surface area contributed by atoms with E-state index in [1.54, 1.807) is 59.1 Å². The Labute approximate surface area is 293 Å². The molecule has 1 aliphatic heterocycles. The van der Waals surface area contributed by atoms with E-state index in [0.29, 0.717) is 34.4 Å². The Kier molecular flexibility index (Phi) is 10.5. The van der Waals surface area contributed by atoms with Gasteiger partial charge >= 0.3 is 5.63 Å². The van der Waals surface area contributed by atoms with Crippen molar-refractivity contribution in [1.82, 2.24) is 0 Å². The predicted octanol–water partition coefficient (Wildman–Crippen LogP) is 6.54. The third kappa shape index (κ3) is 6.65. The fourth-order valence-corrected chi connectivity index (χ4v) is 6.91. The number of carbonyl (C=O) groups excluding carboxylic acids is 1. The second-order valence-corrected chi connectivity index (χ2v) is 14.0. The van der Waals surface area contributed by atoms with Crippen LogP contribution in [-0.4, -0.2) is 66.0 Å². The summed E-state index contributed by atoms with van der Waals surface area (Å²) in [5.41, 5.74) is 0.257. The molecule has 1 saturated heterocycles. The van der Waals surface area contributed by atoms with Crippen molar-refractivity contribution in [3.63, 3.8) is 0 Å². The summed E-state index contributed by atoms with van der Waals surface area (Å²) in [4.78, 5) is 27.7. The number of hydrogen-bond acceptors (Lipinski definition) is 10. The first-order valence-corrected chi connectivity index (χ1v) is 17.0. The van der Waals surface area contributed by atoms with E-state index in [9.17, 15) is 19.8 Å². The largest absolute Gasteiger partial charge is 0.496 e. The molecule has 0 radical (unpaired) electrons. The second kappa shape index (κ2) is 14.2. The SMILES string of the molecule is CCC(C)(Nc1cc2ccc(O[C@@H]3OC(C)(C)[C@H](OC)[C@H](O)C3O)c(C)c2oc1=O)C(=O)c1ccc(OC)c(C(C)(CC)c2ccccc2)c1. The molecule has 6 atom stereocenters. The standard InChI is InChI=1S/C40H49NO9/c1-10-39(6,26-15-13-12-14-16-26)27-21-25(18-20-30(27)46-8)34(44)40(7,11-2)41-28-22-24-17-19-29(23(3)33(24)49-36(28)45)48-37-32(43)31(42)35(47-9)38(4,5)50-37/h12-22,31-32,35,37,41-43H,10-11H2,1-9H3/t31-,32?,35-,37-,39?,40?/m1/s1. The van der Waals surface area contributed by atoms with Crippen LogP contribution in [0.2, 0.25) is 0 Å². The zero-order valence-corrected chi connectivity index (χ0v) is 30.3. The molecule has 4 aromatic rings. The number of carbonyl (C=O) groups is 1. The molecule has 1 aliphatic rings. The Morgan fingerprint density at radius 1 is 0.940 bits per heavy atom. The van der Waals surface area contributed by atoms with Crippen molar-refractivity contribution < 1.29 is 38.4 Å². The number of aliphatic hydroxyl groups excluding tert-OH is 2. The predicted molar refractivity (Wildman–Crippen MR) is 192 cm³/mol. The topological polar surface area (TPSA) is 137 Å². The van der Waals surface area contributed by atoms with Gasteiger partial charge in [0.25, 0.3) is 0 Å². The fraction of sp³-hybridized carbons (Fsp3) is 0.450. The van der Waals surface area contributed by atoms with Gasteiger partial charge in [-0.05, 0) is 82.5 Å². The van der Waals surface area contributed by atoms with Crippen LogP contribution >= 0.6 is 0 Å². The van der Waals surface area contributed by atoms with Gasteiger partial charge in [-0.2, -0.15) is 0 Å². The molecule has 1 fully saturated rings. The van der Waals surface area contributed by atoms with Gasteiger partial charge in [0.15, 0.2) is 5.78 Å². The van der Waals surface area contributed by atoms with Crippen LogP contribution in [0.5, 0.6) is 11.5 Å². The van der Waals surface area contributed by atoms with E-state index in [0.717, 1.165) is 17.5 Å². The van der Waals surface area contributed by atoms with Crippen molar-refractivity contribution in [3.8, 4) is 11.5 Å². The smallest absolute Gasteiger partial charge is 0.359 e. The minimum Gasteiger partial charge on any atom is -0.496 e. The molecule has 3 unspecified atom stereocenters. The lowest BCUT2D eigenvalue weighted by Gasteiger charge is -2.46. The Morgan fingerprint density at radius 2 is 1.62 bits per heavy atom. The number of methoxy groups -OCH3 is 2. The molecule has 2 heterocycles. The van der Waals surface area contributed by atoms with Crippen LogP contribution in [0.1, 0.15) is 81.4 Å². The highest BCUT2D eigenvalue weighted by molar-refractivity contribution is 6.05. The van der Waals surface area contributed by atoms with Gasteiger partial charge in [-0.1, -0.05) is 51.1 Å². The number of aliphatic hydroxyl groups is 2. The van der Waals surface area contributed by atoms with Crippen molar-refractivity contribution in [3.05, 3.63) is 99.4 Å². The summed E-state index contributed by atoms with van der Waals surface area (Å²) in [6.45, 7) is 13.1. The summed E-state index contributed by atoms with van der Waals surface area (Å²) in [6, 6.07) is 20.7. The van der Waals surface area contributed by atoms with Crippen LogP contribution in [0.25, 0.3) is 11.0 Å². The molecule has 0 saturated carbocycles. The molecule has 0 aliphatic carbocycles. The summed E-state index contributed by atoms with van der Waals surface area (Å²) in [6.07, 6.45) is -3.44. The van der Waals surface area contributed by atoms with Crippen molar-refractivity contribution in [2.45, 2.75) is 102 Å². The number of hydrogen-bond donors (Lipinski definition) is 3. The monoisotopic (exact) mass is 687 g/mol. The number of anilines is 1. The fourth-order valence-electron chi connectivity index (χ4n) is 6.91. The lowest BCUT2D eigenvalue weighted by molar-refractivity contribution is -0.306. The van der Waals surface area contributed by atoms with E-state index in [1.807, 2.05) is 37.3 Å². The number of ketones is 1. The maximum Gasteiger partial charge on any atom is 0.359 e. The normalized spacial score (nSPS) is 22.7. The van der Waals surface area contributed by atoms with Crippen molar-refractivity contribution >= 4 is 22.4 Å². The number of nitrogens with one attached hydrogen (secondary N) is 1. The molecule has 10 heteroatoms. The van der Waals surface area contributed by atoms with Crippen LogP contribution in [0.15, 0.2) is 75.9 Å². The summed E-state index contributed by atoms with van der Waals surface area (Å²) < 4.78 is 28.9. The maximum absolute atomic E-state index is 14.3. The number of Topliss-reactive ketones (excluding diaryl/α,β-unsaturated/α-hetero) is 1. The van der Waals surface area contributed by atoms with Crippen LogP contribution < -0.4 is 20.4 Å². The highest BCUT2D eigenvalue weighted by atomic mass is 16.7. The van der Waals surface area contributed by atoms with E-state index in [4.69, 9.17) is 23.4 Å². The lowest BCUT2D eigenvalue weighted by atomic mass is 9.73. The van der Waals surface area contributed by atoms with Gasteiger partial charge in [0.05, 0.1) is 18.2 Å². The van der Waals surface area contributed by atoms with Crippen LogP contribution in [0, 0.1) is 6.92 Å². The van der Waals surface area contributed by atoms with Gasteiger partial charge in [-0.15, -0.1) is 0 Å². The summed E-state index contributed by atoms with van der Waals surface area (Å²) in [7, 11) is 3.07. The highest BCUT2D eigenvalue weighted by Gasteiger charge is 2.50. The molecule has 5 rings (SSSR count). The van der Waals surface area contributed by atoms with Gasteiger partial charge in [0, 0.05) is 34.6 Å². The summed E-state index contributed by atoms with van der Waals surface area (Å²) in [5.74, 6) is 0.822. The first kappa shape index (κ1) is 37.0. The van der Waals surface area contributed by atoms with Crippen LogP contribution in [-0.2, 0) is 14.9 Å². The molecule has 3 N–H and O–H groups in total. The Morgan fingerprint density at radius 3 is 2.24 bits per heavy atom. The number of fused-ring (bicyclic) bond motifs is 1. The third-order valence-electron chi connectivity index (χ3n) is 10.4. The quantitative estimate of drug-likeness (QED) is 0.111. The van der Waals surface area contributed by atoms with Crippen molar-refractivity contribution in [2.24, 2.45) is 0 Å². The van der Waals surface area contributed by atoms with Crippen LogP contribution in [0.4, 0.5) is 5.69 Å². The van der Waals surface area contributed by atoms with E-state index in [2.05, 4.69) is 31.3 Å². The Bertz CT molecular complexity index is 1900. The summed E-state index contributed by atoms with van der Waals surface area (Å²) in [5, 5.41) is 25.2. The molecule has 0 spiro atoms. The molecule has 0 amide bonds. The number of ether oxygens (including phenoxy) is 4. The number of benzene rings is 3. The Hall–Kier alpha value is -4.22. The van der Waals surface area contributed by atoms with Gasteiger partial charge in [0.1, 0.15) is 41.1 Å². The molecular weight excluding hydrogens is 638 g/mol. The second-order valence-electron chi connectivity index (χ2n) is 14.0. The van der Waals surface area contributed by atoms with Crippen molar-refractivity contribution in [1.29, 1.82) is 0 Å². The first-order valence-electron chi connectivity index (χ1n) is 17.0. The van der Waals surface area contributed by atoms with E-state index in [1.165, 1.54) is 7.11 Å². The zero-order valence-electron chi connectivity index (χ0n) is 30.3. The van der Waals surface area contributed by atoms with E-state index >= 15 is 0 Å². The van der Waals surface area contributed by atoms with Gasteiger partial charge in [-0.3, -0.25) is 4.79 Å². The van der Waals surface area contributed by atoms with Gasteiger partial charge < -0.3 is 38.9 Å². The van der Waals surface area contributed by atoms with Crippen molar-refractivity contribution in [2.75, 3.05) is 19.5 Å². The number of rotatable bonds is 12. The molecule has 268 valence electrons. The van der Waals surface area contributed by atoms with Gasteiger partial charge in [-0.25, -0.2) is 4.79 Å². The average Bonchev–Trinajstić information content (AvgIpc) is 3.11. The molecular formula is C40H49NO9. The lowest BCUT2D eigenvalue weighted by Crippen LogP contribution is -2.63. The van der Waals surface area contributed by atoms with Crippen LogP contribution in [0.3, 0.4) is 0 Å². The minimum atomic E-state index is -1.39. The summed E-state index contributed by atoms with van der Waals surface area (Å²) >= 11 is 0. The molecule has 3 aromatic carbocycles. The average molecular weight is 688 g/mol. The molecule has 50 heavy (non-hydrogen) atoms. The maximum atomic E-state index is 14.3. The van der Waals surface area contributed by atoms with E-state index < -0.39 is 46.8 Å². The van der Waals surface area contributed by atoms with Gasteiger partial charge in [0.2, 0.25) is 6.29 Å². The Balaban J connectivity index is 1.44. The highest BCUT2D eigenvalue weighted by Crippen LogP contribution is 2.41. The van der Waals surface area contributed by atoms with E-state index in [-0.39, 0.29) is 17.1 Å². The zero-order chi connectivity index (χ0) is 36.6. The molecule has 10 nitrogen and oxygen atoms in total. The molecule has 1 aromatic heterocycles. The molecule has 0 bridgehead atoms. The number of aryl methyl sites for hydroxylation is 1. The minimum absolute atomic E-state index is 0.140. The third-order valence-corrected chi connectivity index (χ3v) is 10.4. The first-order chi connectivity index (χ1) is 23.6.